The number of hydrogen-bond donors (Lipinski definition) is 0. The van der Waals surface area contributed by atoms with E-state index in [0.29, 0.717) is 0 Å². The number of para-hydroxylation sites is 2. The van der Waals surface area contributed by atoms with Crippen LogP contribution in [0.3, 0.4) is 0 Å². The van der Waals surface area contributed by atoms with Gasteiger partial charge in [-0.3, -0.25) is 0 Å². The summed E-state index contributed by atoms with van der Waals surface area (Å²) in [5.74, 6) is 0. The van der Waals surface area contributed by atoms with Crippen LogP contribution in [0.15, 0.2) is 205 Å². The van der Waals surface area contributed by atoms with Gasteiger partial charge in [0.1, 0.15) is 5.58 Å². The average Bonchev–Trinajstić information content (AvgIpc) is 4.37. The first-order valence-electron chi connectivity index (χ1n) is 28.0. The van der Waals surface area contributed by atoms with E-state index in [4.69, 9.17) is 4.42 Å². The molecule has 2 heteroatoms. The predicted molar refractivity (Wildman–Crippen MR) is 329 cm³/mol. The molecule has 0 saturated heterocycles. The van der Waals surface area contributed by atoms with Crippen molar-refractivity contribution in [2.24, 2.45) is 0 Å². The van der Waals surface area contributed by atoms with Crippen LogP contribution in [-0.2, 0) is 21.7 Å². The Morgan fingerprint density at radius 2 is 0.641 bits per heavy atom. The van der Waals surface area contributed by atoms with E-state index in [9.17, 15) is 0 Å². The third-order valence-electron chi connectivity index (χ3n) is 19.7. The van der Waals surface area contributed by atoms with Gasteiger partial charge in [-0.15, -0.1) is 0 Å². The van der Waals surface area contributed by atoms with Crippen molar-refractivity contribution in [3.8, 4) is 44.5 Å². The second-order valence-corrected chi connectivity index (χ2v) is 25.1. The molecule has 0 atom stereocenters. The number of hydrogen-bond acceptors (Lipinski definition) is 2. The third-order valence-corrected chi connectivity index (χ3v) is 19.7. The maximum Gasteiger partial charge on any atom is 0.159 e. The van der Waals surface area contributed by atoms with E-state index in [1.807, 2.05) is 0 Å². The molecule has 372 valence electrons. The van der Waals surface area contributed by atoms with Gasteiger partial charge in [0.05, 0.1) is 17.1 Å². The van der Waals surface area contributed by atoms with Gasteiger partial charge in [-0.1, -0.05) is 231 Å². The highest BCUT2D eigenvalue weighted by Gasteiger charge is 2.49. The van der Waals surface area contributed by atoms with E-state index in [1.54, 1.807) is 0 Å². The van der Waals surface area contributed by atoms with Crippen LogP contribution in [0.1, 0.15) is 99.9 Å². The maximum atomic E-state index is 7.13. The Labute approximate surface area is 455 Å². The number of nitrogens with zero attached hydrogens (tertiary/aromatic N) is 1. The van der Waals surface area contributed by atoms with Crippen LogP contribution < -0.4 is 4.90 Å². The molecule has 0 N–H and O–H groups in total. The number of rotatable bonds is 3. The number of fused-ring (bicyclic) bond motifs is 25. The highest BCUT2D eigenvalue weighted by atomic mass is 16.3. The monoisotopic (exact) mass is 999 g/mol. The number of anilines is 3. The fourth-order valence-corrected chi connectivity index (χ4v) is 16.3. The second kappa shape index (κ2) is 14.6. The standard InChI is InChI=1S/C76H57NO/c1-73(2)56-38-32-42-20-9-11-22-44(42)64(56)52-34-36-54-66-49-27-15-13-24-46(49)61(40-58(66)75(5,6)70(54)68(52)73)77(60-30-19-29-51-48-26-17-18-31-63(48)78-72(51)60)62-41-59-67(50-28-16-14-25-47(50)62)55-37-35-53-65-45-23-12-10-21-43(45)33-39-57(65)74(3,4)69(53)71(55)76(59,7)8/h9-41H,1-8H3. The summed E-state index contributed by atoms with van der Waals surface area (Å²) in [4.78, 5) is 2.60. The minimum atomic E-state index is -0.347. The zero-order chi connectivity index (χ0) is 52.5. The molecule has 13 aromatic rings. The molecular formula is C76H57NO. The van der Waals surface area contributed by atoms with Gasteiger partial charge in [-0.05, 0) is 146 Å². The first kappa shape index (κ1) is 44.4. The number of furan rings is 1. The zero-order valence-corrected chi connectivity index (χ0v) is 45.4. The maximum absolute atomic E-state index is 7.13. The van der Waals surface area contributed by atoms with Crippen molar-refractivity contribution in [1.82, 2.24) is 0 Å². The molecule has 0 unspecified atom stereocenters. The van der Waals surface area contributed by atoms with Crippen molar-refractivity contribution in [2.75, 3.05) is 4.90 Å². The molecule has 0 amide bonds. The molecule has 17 rings (SSSR count). The molecule has 1 heterocycles. The Kier molecular flexibility index (Phi) is 8.34. The molecule has 4 aliphatic rings. The molecule has 78 heavy (non-hydrogen) atoms. The highest BCUT2D eigenvalue weighted by Crippen LogP contribution is 2.65. The Balaban J connectivity index is 0.948. The van der Waals surface area contributed by atoms with Gasteiger partial charge in [-0.25, -0.2) is 0 Å². The van der Waals surface area contributed by atoms with Crippen LogP contribution in [0.25, 0.3) is 110 Å². The van der Waals surface area contributed by atoms with Crippen molar-refractivity contribution in [3.63, 3.8) is 0 Å². The second-order valence-electron chi connectivity index (χ2n) is 25.1. The van der Waals surface area contributed by atoms with Gasteiger partial charge in [-0.2, -0.15) is 0 Å². The Morgan fingerprint density at radius 3 is 1.10 bits per heavy atom. The molecule has 0 radical (unpaired) electrons. The molecular weight excluding hydrogens is 943 g/mol. The lowest BCUT2D eigenvalue weighted by Crippen LogP contribution is -2.24. The Bertz CT molecular complexity index is 4660. The van der Waals surface area contributed by atoms with Gasteiger partial charge >= 0.3 is 0 Å². The van der Waals surface area contributed by atoms with Gasteiger partial charge in [0, 0.05) is 43.2 Å². The van der Waals surface area contributed by atoms with Gasteiger partial charge in [0.25, 0.3) is 0 Å². The van der Waals surface area contributed by atoms with E-state index in [-0.39, 0.29) is 21.7 Å². The van der Waals surface area contributed by atoms with Crippen LogP contribution in [0.4, 0.5) is 17.1 Å². The summed E-state index contributed by atoms with van der Waals surface area (Å²) in [6.07, 6.45) is 0. The van der Waals surface area contributed by atoms with Crippen molar-refractivity contribution in [1.29, 1.82) is 0 Å². The lowest BCUT2D eigenvalue weighted by atomic mass is 9.72. The molecule has 0 fully saturated rings. The quantitative estimate of drug-likeness (QED) is 0.175. The van der Waals surface area contributed by atoms with Crippen molar-refractivity contribution < 1.29 is 4.42 Å². The summed E-state index contributed by atoms with van der Waals surface area (Å²) in [6, 6.07) is 76.0. The van der Waals surface area contributed by atoms with Gasteiger partial charge < -0.3 is 9.32 Å². The molecule has 1 aromatic heterocycles. The molecule has 0 saturated carbocycles. The summed E-state index contributed by atoms with van der Waals surface area (Å²) >= 11 is 0. The van der Waals surface area contributed by atoms with E-state index < -0.39 is 0 Å². The van der Waals surface area contributed by atoms with Crippen LogP contribution in [0.2, 0.25) is 0 Å². The molecule has 12 aromatic carbocycles. The SMILES string of the molecule is CC1(C)c2ccc3ccccc3c2-c2ccc3c(c21)C(C)(C)c1cc(N(c2cc4c(c5ccccc25)-c2ccc5c(c2C4(C)C)C(C)(C)c2ccc4ccccc4c2-5)c2cccc4c2oc2ccccc24)c2ccccc2c1-3. The minimum Gasteiger partial charge on any atom is -0.454 e. The summed E-state index contributed by atoms with van der Waals surface area (Å²) in [7, 11) is 0. The van der Waals surface area contributed by atoms with E-state index in [2.05, 4.69) is 260 Å². The summed E-state index contributed by atoms with van der Waals surface area (Å²) in [5, 5.41) is 12.4. The smallest absolute Gasteiger partial charge is 0.159 e. The van der Waals surface area contributed by atoms with E-state index >= 15 is 0 Å². The molecule has 4 aliphatic carbocycles. The highest BCUT2D eigenvalue weighted by molar-refractivity contribution is 6.19. The summed E-state index contributed by atoms with van der Waals surface area (Å²) in [6.45, 7) is 19.8. The molecule has 2 nitrogen and oxygen atoms in total. The zero-order valence-electron chi connectivity index (χ0n) is 45.4. The van der Waals surface area contributed by atoms with E-state index in [0.717, 1.165) is 39.0 Å². The fourth-order valence-electron chi connectivity index (χ4n) is 16.3. The number of benzene rings is 12. The lowest BCUT2D eigenvalue weighted by Gasteiger charge is -2.33. The normalized spacial score (nSPS) is 16.1. The van der Waals surface area contributed by atoms with Crippen LogP contribution in [-0.4, -0.2) is 0 Å². The van der Waals surface area contributed by atoms with Crippen LogP contribution in [0, 0.1) is 0 Å². The van der Waals surface area contributed by atoms with Crippen molar-refractivity contribution in [3.05, 3.63) is 245 Å². The van der Waals surface area contributed by atoms with Gasteiger partial charge in [0.2, 0.25) is 0 Å². The fraction of sp³-hybridized carbons (Fsp3) is 0.158. The average molecular weight is 1000 g/mol. The Morgan fingerprint density at radius 1 is 0.282 bits per heavy atom. The summed E-state index contributed by atoms with van der Waals surface area (Å²) < 4.78 is 7.13. The molecule has 0 aliphatic heterocycles. The topological polar surface area (TPSA) is 16.4 Å². The van der Waals surface area contributed by atoms with Crippen LogP contribution in [0.5, 0.6) is 0 Å². The first-order chi connectivity index (χ1) is 37.8. The van der Waals surface area contributed by atoms with Crippen molar-refractivity contribution >= 4 is 82.1 Å². The van der Waals surface area contributed by atoms with Gasteiger partial charge in [0.15, 0.2) is 5.58 Å². The first-order valence-corrected chi connectivity index (χ1v) is 28.0. The van der Waals surface area contributed by atoms with E-state index in [1.165, 1.54) is 132 Å². The minimum absolute atomic E-state index is 0.208. The van der Waals surface area contributed by atoms with Crippen LogP contribution >= 0.6 is 0 Å². The summed E-state index contributed by atoms with van der Waals surface area (Å²) in [5.41, 5.74) is 26.2. The largest absolute Gasteiger partial charge is 0.454 e. The predicted octanol–water partition coefficient (Wildman–Crippen LogP) is 20.9. The molecule has 0 spiro atoms. The third kappa shape index (κ3) is 5.29. The molecule has 0 bridgehead atoms. The van der Waals surface area contributed by atoms with Crippen molar-refractivity contribution in [2.45, 2.75) is 77.0 Å². The Hall–Kier alpha value is -8.72. The lowest BCUT2D eigenvalue weighted by molar-refractivity contribution is 0.601.